The van der Waals surface area contributed by atoms with Crippen molar-refractivity contribution in [1.29, 1.82) is 0 Å². The first-order chi connectivity index (χ1) is 7.59. The Hall–Kier alpha value is -1.71. The van der Waals surface area contributed by atoms with Crippen LogP contribution in [0.15, 0.2) is 0 Å². The zero-order valence-electron chi connectivity index (χ0n) is 9.24. The molecule has 0 fully saturated rings. The number of aliphatic hydroxyl groups excluding tert-OH is 1. The van der Waals surface area contributed by atoms with Crippen molar-refractivity contribution in [2.75, 3.05) is 0 Å². The van der Waals surface area contributed by atoms with Crippen LogP contribution in [0.2, 0.25) is 0 Å². The summed E-state index contributed by atoms with van der Waals surface area (Å²) < 4.78 is 0. The van der Waals surface area contributed by atoms with Gasteiger partial charge < -0.3 is 32.5 Å². The number of nitrogens with two attached hydrogens (primary N) is 3. The van der Waals surface area contributed by atoms with Gasteiger partial charge in [-0.25, -0.2) is 0 Å². The summed E-state index contributed by atoms with van der Waals surface area (Å²) in [6.45, 7) is 1.33. The molecule has 0 saturated carbocycles. The highest BCUT2D eigenvalue weighted by Gasteiger charge is 2.16. The molecule has 0 bridgehead atoms. The van der Waals surface area contributed by atoms with Gasteiger partial charge in [-0.1, -0.05) is 0 Å². The fourth-order valence-corrected chi connectivity index (χ4v) is 0.510. The van der Waals surface area contributed by atoms with Gasteiger partial charge in [0.1, 0.15) is 12.1 Å². The number of hydrogen-bond donors (Lipinski definition) is 6. The van der Waals surface area contributed by atoms with Crippen molar-refractivity contribution < 1.29 is 29.7 Å². The molecule has 0 rings (SSSR count). The molecule has 0 aromatic rings. The van der Waals surface area contributed by atoms with Crippen molar-refractivity contribution in [1.82, 2.24) is 0 Å². The number of carboxylic acid groups (broad SMARTS) is 2. The maximum absolute atomic E-state index is 9.99. The number of aliphatic carboxylic acids is 2. The predicted octanol–water partition coefficient (Wildman–Crippen LogP) is -2.95. The molecule has 0 spiro atoms. The SMILES string of the molecule is CC(O)C(N)C(=O)O.NC(=O)CC(N)C(=O)O. The normalized spacial score (nSPS) is 14.8. The summed E-state index contributed by atoms with van der Waals surface area (Å²) in [6.07, 6.45) is -1.29. The Morgan fingerprint density at radius 3 is 1.59 bits per heavy atom. The highest BCUT2D eigenvalue weighted by Crippen LogP contribution is 1.86. The lowest BCUT2D eigenvalue weighted by molar-refractivity contribution is -0.141. The van der Waals surface area contributed by atoms with Crippen LogP contribution < -0.4 is 17.2 Å². The minimum Gasteiger partial charge on any atom is -0.480 e. The lowest BCUT2D eigenvalue weighted by atomic mass is 10.2. The molecule has 3 atom stereocenters. The molecule has 100 valence electrons. The lowest BCUT2D eigenvalue weighted by Gasteiger charge is -2.06. The van der Waals surface area contributed by atoms with Crippen molar-refractivity contribution in [3.8, 4) is 0 Å². The zero-order valence-corrected chi connectivity index (χ0v) is 9.24. The van der Waals surface area contributed by atoms with Crippen LogP contribution in [0.25, 0.3) is 0 Å². The number of rotatable bonds is 5. The summed E-state index contributed by atoms with van der Waals surface area (Å²) in [7, 11) is 0. The smallest absolute Gasteiger partial charge is 0.323 e. The number of aliphatic hydroxyl groups is 1. The molecule has 0 heterocycles. The third-order valence-electron chi connectivity index (χ3n) is 1.54. The van der Waals surface area contributed by atoms with Crippen LogP contribution in [0.1, 0.15) is 13.3 Å². The molecule has 0 aliphatic carbocycles. The van der Waals surface area contributed by atoms with E-state index in [1.54, 1.807) is 0 Å². The molecular weight excluding hydrogens is 234 g/mol. The van der Waals surface area contributed by atoms with Crippen LogP contribution >= 0.6 is 0 Å². The van der Waals surface area contributed by atoms with Crippen LogP contribution in [-0.4, -0.2) is 51.4 Å². The van der Waals surface area contributed by atoms with Crippen LogP contribution in [0.5, 0.6) is 0 Å². The number of primary amides is 1. The zero-order chi connectivity index (χ0) is 14.2. The molecule has 0 radical (unpaired) electrons. The molecule has 0 aliphatic heterocycles. The van der Waals surface area contributed by atoms with E-state index in [2.05, 4.69) is 5.73 Å². The summed E-state index contributed by atoms with van der Waals surface area (Å²) in [5.41, 5.74) is 14.5. The third kappa shape index (κ3) is 10.6. The Morgan fingerprint density at radius 1 is 1.12 bits per heavy atom. The summed E-state index contributed by atoms with van der Waals surface area (Å²) in [5.74, 6) is -3.10. The summed E-state index contributed by atoms with van der Waals surface area (Å²) in [6, 6.07) is -2.32. The Labute approximate surface area is 97.2 Å². The molecule has 9 heteroatoms. The van der Waals surface area contributed by atoms with Crippen LogP contribution in [-0.2, 0) is 14.4 Å². The predicted molar refractivity (Wildman–Crippen MR) is 56.7 cm³/mol. The minimum absolute atomic E-state index is 0.310. The van der Waals surface area contributed by atoms with Crippen molar-refractivity contribution in [3.63, 3.8) is 0 Å². The van der Waals surface area contributed by atoms with Gasteiger partial charge in [0.05, 0.1) is 12.5 Å². The van der Waals surface area contributed by atoms with E-state index in [1.807, 2.05) is 0 Å². The first-order valence-corrected chi connectivity index (χ1v) is 4.52. The summed E-state index contributed by atoms with van der Waals surface area (Å²) >= 11 is 0. The second-order valence-corrected chi connectivity index (χ2v) is 3.22. The van der Waals surface area contributed by atoms with E-state index in [-0.39, 0.29) is 6.42 Å². The maximum Gasteiger partial charge on any atom is 0.323 e. The molecular formula is C8H17N3O6. The van der Waals surface area contributed by atoms with Gasteiger partial charge >= 0.3 is 11.9 Å². The molecule has 0 aromatic carbocycles. The number of carboxylic acids is 2. The van der Waals surface area contributed by atoms with Crippen molar-refractivity contribution in [3.05, 3.63) is 0 Å². The van der Waals surface area contributed by atoms with E-state index in [9.17, 15) is 14.4 Å². The van der Waals surface area contributed by atoms with Crippen molar-refractivity contribution >= 4 is 17.8 Å². The number of carbonyl (C=O) groups is 3. The highest BCUT2D eigenvalue weighted by molar-refractivity contribution is 5.83. The third-order valence-corrected chi connectivity index (χ3v) is 1.54. The average molecular weight is 251 g/mol. The van der Waals surface area contributed by atoms with Gasteiger partial charge in [-0.05, 0) is 6.92 Å². The van der Waals surface area contributed by atoms with Gasteiger partial charge in [0.2, 0.25) is 5.91 Å². The van der Waals surface area contributed by atoms with E-state index >= 15 is 0 Å². The number of carbonyl (C=O) groups excluding carboxylic acids is 1. The molecule has 0 saturated heterocycles. The Balaban J connectivity index is 0. The molecule has 0 aromatic heterocycles. The first kappa shape index (κ1) is 17.7. The maximum atomic E-state index is 9.99. The van der Waals surface area contributed by atoms with E-state index in [0.29, 0.717) is 0 Å². The van der Waals surface area contributed by atoms with Crippen molar-refractivity contribution in [2.24, 2.45) is 17.2 Å². The van der Waals surface area contributed by atoms with E-state index < -0.39 is 36.0 Å². The monoisotopic (exact) mass is 251 g/mol. The molecule has 3 unspecified atom stereocenters. The summed E-state index contributed by atoms with van der Waals surface area (Å²) in [5, 5.41) is 24.7. The van der Waals surface area contributed by atoms with Crippen LogP contribution in [0.4, 0.5) is 0 Å². The van der Waals surface area contributed by atoms with Gasteiger partial charge in [-0.2, -0.15) is 0 Å². The number of hydrogen-bond acceptors (Lipinski definition) is 6. The first-order valence-electron chi connectivity index (χ1n) is 4.52. The van der Waals surface area contributed by atoms with Gasteiger partial charge in [0.15, 0.2) is 0 Å². The molecule has 9 N–H and O–H groups in total. The van der Waals surface area contributed by atoms with Gasteiger partial charge in [0, 0.05) is 0 Å². The minimum atomic E-state index is -1.21. The second-order valence-electron chi connectivity index (χ2n) is 3.22. The van der Waals surface area contributed by atoms with Gasteiger partial charge in [-0.3, -0.25) is 14.4 Å². The largest absolute Gasteiger partial charge is 0.480 e. The van der Waals surface area contributed by atoms with Gasteiger partial charge in [0.25, 0.3) is 0 Å². The van der Waals surface area contributed by atoms with Crippen LogP contribution in [0, 0.1) is 0 Å². The fraction of sp³-hybridized carbons (Fsp3) is 0.625. The Morgan fingerprint density at radius 2 is 1.53 bits per heavy atom. The van der Waals surface area contributed by atoms with E-state index in [0.717, 1.165) is 0 Å². The van der Waals surface area contributed by atoms with Crippen LogP contribution in [0.3, 0.4) is 0 Å². The standard InChI is InChI=1S/C4H8N2O3.C4H9NO3/c5-2(4(8)9)1-3(6)7;1-2(6)3(5)4(7)8/h2H,1,5H2,(H2,6,7)(H,8,9);2-3,6H,5H2,1H3,(H,7,8). The fourth-order valence-electron chi connectivity index (χ4n) is 0.510. The highest BCUT2D eigenvalue weighted by atomic mass is 16.4. The van der Waals surface area contributed by atoms with Gasteiger partial charge in [-0.15, -0.1) is 0 Å². The second kappa shape index (κ2) is 8.44. The average Bonchev–Trinajstić information content (AvgIpc) is 2.15. The molecule has 1 amide bonds. The quantitative estimate of drug-likeness (QED) is 0.298. The van der Waals surface area contributed by atoms with Crippen molar-refractivity contribution in [2.45, 2.75) is 31.5 Å². The Kier molecular flexibility index (Phi) is 8.78. The lowest BCUT2D eigenvalue weighted by Crippen LogP contribution is -2.39. The summed E-state index contributed by atoms with van der Waals surface area (Å²) in [4.78, 5) is 29.8. The molecule has 0 aliphatic rings. The van der Waals surface area contributed by atoms with E-state index in [4.69, 9.17) is 26.8 Å². The van der Waals surface area contributed by atoms with E-state index in [1.165, 1.54) is 6.92 Å². The molecule has 9 nitrogen and oxygen atoms in total. The Bertz CT molecular complexity index is 280. The topological polar surface area (TPSA) is 190 Å². The number of amides is 1. The molecule has 17 heavy (non-hydrogen) atoms.